The Kier molecular flexibility index (Phi) is 8.34. The van der Waals surface area contributed by atoms with Crippen LogP contribution in [0, 0.1) is 18.6 Å². The topological polar surface area (TPSA) is 102 Å². The molecule has 0 amide bonds. The zero-order chi connectivity index (χ0) is 34.1. The number of ether oxygens (including phenoxy) is 2. The van der Waals surface area contributed by atoms with Crippen molar-refractivity contribution in [2.24, 2.45) is 0 Å². The van der Waals surface area contributed by atoms with E-state index in [1.165, 1.54) is 0 Å². The zero-order valence-electron chi connectivity index (χ0n) is 26.4. The minimum Gasteiger partial charge on any atom is -0.474 e. The van der Waals surface area contributed by atoms with Crippen LogP contribution >= 0.6 is 0 Å². The van der Waals surface area contributed by atoms with Crippen LogP contribution in [0.3, 0.4) is 0 Å². The lowest BCUT2D eigenvalue weighted by molar-refractivity contribution is -0.137. The Morgan fingerprint density at radius 3 is 2.55 bits per heavy atom. The number of fused-ring (bicyclic) bond motifs is 1. The average Bonchev–Trinajstić information content (AvgIpc) is 3.15. The van der Waals surface area contributed by atoms with Crippen LogP contribution in [0.2, 0.25) is 0 Å². The summed E-state index contributed by atoms with van der Waals surface area (Å²) in [4.78, 5) is 16.3. The maximum absolute atomic E-state index is 16.7. The molecule has 47 heavy (non-hydrogen) atoms. The monoisotopic (exact) mass is 671 g/mol. The number of nitrogens with zero attached hydrogens (tertiary/aromatic N) is 5. The molecular weight excluding hydrogens is 635 g/mol. The molecule has 16 heteroatoms. The second-order valence-electron chi connectivity index (χ2n) is 12.9. The second kappa shape index (κ2) is 11.8. The first-order valence-corrected chi connectivity index (χ1v) is 15.5. The van der Waals surface area contributed by atoms with E-state index in [0.29, 0.717) is 32.5 Å². The van der Waals surface area contributed by atoms with Crippen LogP contribution in [0.5, 0.6) is 11.9 Å². The molecule has 5 heterocycles. The number of pyridine rings is 1. The number of hydrogen-bond donors (Lipinski definition) is 2. The number of likely N-dealkylation sites (N-methyl/N-ethyl adjacent to an activating group) is 1. The molecule has 0 bridgehead atoms. The predicted molar refractivity (Wildman–Crippen MR) is 161 cm³/mol. The third-order valence-corrected chi connectivity index (χ3v) is 9.37. The summed E-state index contributed by atoms with van der Waals surface area (Å²) in [5.74, 6) is -6.01. The van der Waals surface area contributed by atoms with Gasteiger partial charge in [0.25, 0.3) is 5.92 Å². The third-order valence-electron chi connectivity index (χ3n) is 9.37. The molecule has 1 aromatic carbocycles. The average molecular weight is 672 g/mol. The summed E-state index contributed by atoms with van der Waals surface area (Å²) in [7, 11) is 1.68. The standard InChI is InChI=1S/C31H36F7N7O2/c1-5-17-11-44(4)26-20-25(42-28(43-26)46-14-29-7-9-45(29)13-30(34,35)12-29)23(33)24(41-27(20)47-16(3)6-8-40-17)19-21(31(36,37)38)15(2)10-18(39)22(19)32/h10,16-17,40H,5-9,11-14,39H2,1-4H3/t16-,17+,29-/m0/s1. The molecule has 3 N–H and O–H groups in total. The van der Waals surface area contributed by atoms with Crippen molar-refractivity contribution in [1.29, 1.82) is 0 Å². The molecule has 0 spiro atoms. The van der Waals surface area contributed by atoms with Crippen molar-refractivity contribution in [3.63, 3.8) is 0 Å². The first kappa shape index (κ1) is 33.2. The van der Waals surface area contributed by atoms with Crippen molar-refractivity contribution in [2.45, 2.75) is 76.2 Å². The third kappa shape index (κ3) is 5.98. The summed E-state index contributed by atoms with van der Waals surface area (Å²) in [6.07, 6.45) is -4.49. The quantitative estimate of drug-likeness (QED) is 0.261. The molecule has 6 rings (SSSR count). The van der Waals surface area contributed by atoms with Crippen LogP contribution in [0.25, 0.3) is 22.2 Å². The lowest BCUT2D eigenvalue weighted by Crippen LogP contribution is -2.59. The molecule has 0 unspecified atom stereocenters. The van der Waals surface area contributed by atoms with Gasteiger partial charge in [0.15, 0.2) is 11.6 Å². The Bertz CT molecular complexity index is 1710. The van der Waals surface area contributed by atoms with Crippen LogP contribution in [-0.2, 0) is 6.18 Å². The van der Waals surface area contributed by atoms with Gasteiger partial charge in [-0.1, -0.05) is 6.92 Å². The fourth-order valence-electron chi connectivity index (χ4n) is 6.86. The Balaban J connectivity index is 1.59. The Labute approximate surface area is 266 Å². The van der Waals surface area contributed by atoms with E-state index in [1.807, 2.05) is 6.92 Å². The summed E-state index contributed by atoms with van der Waals surface area (Å²) in [5.41, 5.74) is -0.450. The number of halogens is 7. The van der Waals surface area contributed by atoms with Crippen molar-refractivity contribution >= 4 is 22.4 Å². The maximum Gasteiger partial charge on any atom is 0.417 e. The molecule has 3 atom stereocenters. The van der Waals surface area contributed by atoms with Gasteiger partial charge in [0.05, 0.1) is 35.0 Å². The van der Waals surface area contributed by atoms with Crippen LogP contribution in [0.4, 0.5) is 42.2 Å². The van der Waals surface area contributed by atoms with Gasteiger partial charge in [-0.15, -0.1) is 0 Å². The highest BCUT2D eigenvalue weighted by atomic mass is 19.4. The molecule has 3 aromatic rings. The number of nitrogens with one attached hydrogen (secondary N) is 1. The molecule has 2 saturated heterocycles. The number of anilines is 2. The van der Waals surface area contributed by atoms with Gasteiger partial charge in [-0.3, -0.25) is 4.90 Å². The minimum atomic E-state index is -5.10. The van der Waals surface area contributed by atoms with Crippen molar-refractivity contribution in [3.8, 4) is 23.1 Å². The van der Waals surface area contributed by atoms with Gasteiger partial charge in [0.1, 0.15) is 29.0 Å². The van der Waals surface area contributed by atoms with E-state index in [2.05, 4.69) is 20.3 Å². The lowest BCUT2D eigenvalue weighted by Gasteiger charge is -2.46. The van der Waals surface area contributed by atoms with E-state index in [0.717, 1.165) is 19.4 Å². The zero-order valence-corrected chi connectivity index (χ0v) is 26.4. The number of rotatable bonds is 5. The Morgan fingerprint density at radius 2 is 1.91 bits per heavy atom. The van der Waals surface area contributed by atoms with Gasteiger partial charge >= 0.3 is 12.2 Å². The Morgan fingerprint density at radius 1 is 1.17 bits per heavy atom. The van der Waals surface area contributed by atoms with Crippen LogP contribution in [0.1, 0.15) is 50.7 Å². The van der Waals surface area contributed by atoms with E-state index in [1.54, 1.807) is 23.8 Å². The molecule has 2 aromatic heterocycles. The number of aryl methyl sites for hydroxylation is 1. The number of hydrogen-bond acceptors (Lipinski definition) is 9. The van der Waals surface area contributed by atoms with Crippen LogP contribution in [0.15, 0.2) is 6.07 Å². The normalized spacial score (nSPS) is 24.8. The smallest absolute Gasteiger partial charge is 0.417 e. The molecular formula is C31H36F7N7O2. The van der Waals surface area contributed by atoms with E-state index < -0.39 is 81.9 Å². The highest BCUT2D eigenvalue weighted by Crippen LogP contribution is 2.48. The number of nitrogens with two attached hydrogens (primary N) is 1. The van der Waals surface area contributed by atoms with Crippen molar-refractivity contribution in [2.75, 3.05) is 50.5 Å². The van der Waals surface area contributed by atoms with E-state index >= 15 is 8.78 Å². The molecule has 0 saturated carbocycles. The van der Waals surface area contributed by atoms with Crippen molar-refractivity contribution in [3.05, 3.63) is 28.8 Å². The van der Waals surface area contributed by atoms with Crippen molar-refractivity contribution in [1.82, 2.24) is 25.2 Å². The summed E-state index contributed by atoms with van der Waals surface area (Å²) in [5, 5.41) is 3.37. The van der Waals surface area contributed by atoms with Gasteiger partial charge in [-0.2, -0.15) is 23.1 Å². The summed E-state index contributed by atoms with van der Waals surface area (Å²) in [6.45, 7) is 5.50. The fraction of sp³-hybridized carbons (Fsp3) is 0.581. The van der Waals surface area contributed by atoms with Crippen LogP contribution < -0.4 is 25.4 Å². The van der Waals surface area contributed by atoms with Gasteiger partial charge in [-0.25, -0.2) is 22.5 Å². The first-order valence-electron chi connectivity index (χ1n) is 15.5. The van der Waals surface area contributed by atoms with E-state index in [4.69, 9.17) is 15.2 Å². The minimum absolute atomic E-state index is 0.0398. The molecule has 2 fully saturated rings. The van der Waals surface area contributed by atoms with Gasteiger partial charge in [-0.05, 0) is 51.3 Å². The van der Waals surface area contributed by atoms with Crippen LogP contribution in [-0.4, -0.2) is 83.3 Å². The highest BCUT2D eigenvalue weighted by molar-refractivity contribution is 5.97. The van der Waals surface area contributed by atoms with E-state index in [9.17, 15) is 22.0 Å². The fourth-order valence-corrected chi connectivity index (χ4v) is 6.86. The Hall–Kier alpha value is -3.66. The number of aromatic nitrogens is 3. The van der Waals surface area contributed by atoms with Gasteiger partial charge in [0.2, 0.25) is 5.88 Å². The summed E-state index contributed by atoms with van der Waals surface area (Å²) < 4.78 is 116. The largest absolute Gasteiger partial charge is 0.474 e. The molecule has 9 nitrogen and oxygen atoms in total. The molecule has 0 aliphatic carbocycles. The number of alkyl halides is 5. The SMILES string of the molecule is CC[C@@H]1CN(C)c2nc(OC[C@@]34CCN3CC(F)(F)C4)nc3c(F)c(-c4c(F)c(N)cc(C)c4C(F)(F)F)nc(c23)O[C@@H](C)CCN1. The second-order valence-corrected chi connectivity index (χ2v) is 12.9. The summed E-state index contributed by atoms with van der Waals surface area (Å²) in [6, 6.07) is 0.396. The number of benzene rings is 1. The summed E-state index contributed by atoms with van der Waals surface area (Å²) >= 11 is 0. The van der Waals surface area contributed by atoms with E-state index in [-0.39, 0.29) is 35.7 Å². The lowest BCUT2D eigenvalue weighted by atomic mass is 9.85. The van der Waals surface area contributed by atoms with Gasteiger partial charge < -0.3 is 25.4 Å². The predicted octanol–water partition coefficient (Wildman–Crippen LogP) is 5.72. The molecule has 3 aliphatic heterocycles. The molecule has 0 radical (unpaired) electrons. The van der Waals surface area contributed by atoms with Gasteiger partial charge in [0, 0.05) is 32.6 Å². The first-order chi connectivity index (χ1) is 22.0. The molecule has 3 aliphatic rings. The molecule has 256 valence electrons. The highest BCUT2D eigenvalue weighted by Gasteiger charge is 2.60. The van der Waals surface area contributed by atoms with Crippen molar-refractivity contribution < 1.29 is 40.2 Å². The maximum atomic E-state index is 16.7. The number of nitrogen functional groups attached to an aromatic ring is 1.